The van der Waals surface area contributed by atoms with Crippen molar-refractivity contribution in [3.05, 3.63) is 130 Å². The molecule has 1 aromatic heterocycles. The van der Waals surface area contributed by atoms with Crippen LogP contribution in [0.25, 0.3) is 32.9 Å². The van der Waals surface area contributed by atoms with E-state index in [1.165, 1.54) is 116 Å². The highest BCUT2D eigenvalue weighted by molar-refractivity contribution is 6.86. The van der Waals surface area contributed by atoms with Crippen LogP contribution in [-0.4, -0.2) is 11.3 Å². The average Bonchev–Trinajstić information content (AvgIpc) is 3.57. The van der Waals surface area contributed by atoms with Gasteiger partial charge in [0.1, 0.15) is 0 Å². The maximum Gasteiger partial charge on any atom is 0.328 e. The highest BCUT2D eigenvalue weighted by Crippen LogP contribution is 2.53. The van der Waals surface area contributed by atoms with Crippen LogP contribution in [0.1, 0.15) is 99.6 Å². The maximum absolute atomic E-state index is 2.83. The minimum absolute atomic E-state index is 0.109. The van der Waals surface area contributed by atoms with E-state index in [0.29, 0.717) is 0 Å². The molecule has 0 radical (unpaired) electrons. The first-order chi connectivity index (χ1) is 22.6. The summed E-state index contributed by atoms with van der Waals surface area (Å²) in [5.74, 6) is 0. The van der Waals surface area contributed by atoms with Crippen molar-refractivity contribution in [2.45, 2.75) is 90.9 Å². The smallest absolute Gasteiger partial charge is 0.328 e. The number of unbranched alkanes of at least 4 members (excludes halogenated alkanes) is 3. The molecule has 230 valence electrons. The second-order valence-electron chi connectivity index (χ2n) is 14.1. The molecule has 2 aliphatic rings. The van der Waals surface area contributed by atoms with Gasteiger partial charge in [-0.1, -0.05) is 131 Å². The number of aromatic nitrogens is 1. The van der Waals surface area contributed by atoms with Crippen LogP contribution in [0.15, 0.2) is 97.1 Å². The highest BCUT2D eigenvalue weighted by Gasteiger charge is 2.50. The lowest BCUT2D eigenvalue weighted by Gasteiger charge is -2.39. The van der Waals surface area contributed by atoms with E-state index in [1.54, 1.807) is 0 Å². The summed E-state index contributed by atoms with van der Waals surface area (Å²) in [6.07, 6.45) is 10.7. The molecular weight excluding hydrogens is 553 g/mol. The summed E-state index contributed by atoms with van der Waals surface area (Å²) in [7, 11) is 0. The third kappa shape index (κ3) is 4.22. The Morgan fingerprint density at radius 2 is 1.20 bits per heavy atom. The SMILES string of the molecule is CCCCc1cc(CCCC)c2c(c1)c1cccc(CCCC)c1n2B1c2ccccc2C2(C)c3ccccc3-c3cccc1c32. The first kappa shape index (κ1) is 29.4. The molecule has 0 saturated heterocycles. The molecule has 1 unspecified atom stereocenters. The second kappa shape index (κ2) is 11.6. The van der Waals surface area contributed by atoms with Crippen molar-refractivity contribution in [2.75, 3.05) is 0 Å². The standard InChI is InChI=1S/C44H46BN/c1-5-8-17-30-28-32(19-10-7-3)43-36(29-30)35-23-15-20-31(18-9-6-2)42(35)46(43)45-39-26-14-13-25-38(39)44(4)37-24-12-11-21-33(37)34-22-16-27-40(45)41(34)44/h11-16,20-29H,5-10,17-19H2,1-4H3. The number of fused-ring (bicyclic) bond motifs is 8. The van der Waals surface area contributed by atoms with Gasteiger partial charge in [-0.15, -0.1) is 0 Å². The van der Waals surface area contributed by atoms with Crippen molar-refractivity contribution in [1.29, 1.82) is 0 Å². The number of aryl methyl sites for hydroxylation is 3. The largest absolute Gasteiger partial charge is 0.375 e. The van der Waals surface area contributed by atoms with Gasteiger partial charge in [-0.05, 0) is 107 Å². The van der Waals surface area contributed by atoms with Gasteiger partial charge < -0.3 is 4.48 Å². The Morgan fingerprint density at radius 3 is 2.00 bits per heavy atom. The number of hydrogen-bond donors (Lipinski definition) is 0. The summed E-state index contributed by atoms with van der Waals surface area (Å²) in [6, 6.07) is 38.0. The Balaban J connectivity index is 1.51. The van der Waals surface area contributed by atoms with Crippen molar-refractivity contribution in [3.63, 3.8) is 0 Å². The van der Waals surface area contributed by atoms with Crippen LogP contribution in [0.2, 0.25) is 0 Å². The third-order valence-corrected chi connectivity index (χ3v) is 11.3. The van der Waals surface area contributed by atoms with Crippen LogP contribution >= 0.6 is 0 Å². The van der Waals surface area contributed by atoms with Crippen LogP contribution in [0.3, 0.4) is 0 Å². The lowest BCUT2D eigenvalue weighted by Crippen LogP contribution is -2.58. The molecule has 0 saturated carbocycles. The lowest BCUT2D eigenvalue weighted by molar-refractivity contribution is 0.718. The molecule has 1 aliphatic heterocycles. The third-order valence-electron chi connectivity index (χ3n) is 11.3. The van der Waals surface area contributed by atoms with E-state index in [4.69, 9.17) is 0 Å². The topological polar surface area (TPSA) is 4.93 Å². The zero-order chi connectivity index (χ0) is 31.4. The van der Waals surface area contributed by atoms with Gasteiger partial charge in [0, 0.05) is 27.2 Å². The molecule has 1 aliphatic carbocycles. The molecule has 1 atom stereocenters. The first-order valence-corrected chi connectivity index (χ1v) is 18.0. The van der Waals surface area contributed by atoms with Crippen LogP contribution in [0.4, 0.5) is 0 Å². The zero-order valence-electron chi connectivity index (χ0n) is 28.1. The van der Waals surface area contributed by atoms with E-state index in [2.05, 4.69) is 129 Å². The Hall–Kier alpha value is -4.04. The Kier molecular flexibility index (Phi) is 7.43. The quantitative estimate of drug-likeness (QED) is 0.138. The molecule has 2 heteroatoms. The van der Waals surface area contributed by atoms with Crippen molar-refractivity contribution >= 4 is 39.6 Å². The summed E-state index contributed by atoms with van der Waals surface area (Å²) in [6.45, 7) is 9.56. The molecule has 2 heterocycles. The van der Waals surface area contributed by atoms with E-state index in [1.807, 2.05) is 0 Å². The Morgan fingerprint density at radius 1 is 0.565 bits per heavy atom. The molecule has 0 fully saturated rings. The summed E-state index contributed by atoms with van der Waals surface area (Å²) < 4.78 is 2.83. The van der Waals surface area contributed by atoms with Gasteiger partial charge in [-0.25, -0.2) is 0 Å². The molecule has 5 aromatic carbocycles. The van der Waals surface area contributed by atoms with E-state index < -0.39 is 0 Å². The lowest BCUT2D eigenvalue weighted by atomic mass is 9.41. The van der Waals surface area contributed by atoms with Crippen molar-refractivity contribution in [3.8, 4) is 11.1 Å². The number of para-hydroxylation sites is 1. The van der Waals surface area contributed by atoms with Gasteiger partial charge >= 0.3 is 6.85 Å². The van der Waals surface area contributed by atoms with Gasteiger partial charge in [0.05, 0.1) is 0 Å². The molecular formula is C44H46BN. The van der Waals surface area contributed by atoms with E-state index in [9.17, 15) is 0 Å². The van der Waals surface area contributed by atoms with Gasteiger partial charge in [0.2, 0.25) is 0 Å². The molecule has 0 N–H and O–H groups in total. The molecule has 0 bridgehead atoms. The molecule has 0 amide bonds. The van der Waals surface area contributed by atoms with Crippen LogP contribution < -0.4 is 10.9 Å². The minimum Gasteiger partial charge on any atom is -0.375 e. The predicted molar refractivity (Wildman–Crippen MR) is 200 cm³/mol. The van der Waals surface area contributed by atoms with Crippen molar-refractivity contribution < 1.29 is 0 Å². The molecule has 0 spiro atoms. The fourth-order valence-electron chi connectivity index (χ4n) is 9.15. The summed E-state index contributed by atoms with van der Waals surface area (Å²) in [4.78, 5) is 0. The summed E-state index contributed by atoms with van der Waals surface area (Å²) >= 11 is 0. The fourth-order valence-corrected chi connectivity index (χ4v) is 9.15. The molecule has 46 heavy (non-hydrogen) atoms. The number of hydrogen-bond acceptors (Lipinski definition) is 0. The summed E-state index contributed by atoms with van der Waals surface area (Å²) in [5.41, 5.74) is 17.4. The molecule has 1 nitrogen and oxygen atoms in total. The number of nitrogens with zero attached hydrogens (tertiary/aromatic N) is 1. The van der Waals surface area contributed by atoms with Gasteiger partial charge in [-0.3, -0.25) is 0 Å². The fraction of sp³-hybridized carbons (Fsp3) is 0.318. The Bertz CT molecular complexity index is 2100. The summed E-state index contributed by atoms with van der Waals surface area (Å²) in [5, 5.41) is 2.89. The van der Waals surface area contributed by atoms with Crippen LogP contribution in [0, 0.1) is 0 Å². The zero-order valence-corrected chi connectivity index (χ0v) is 28.1. The monoisotopic (exact) mass is 599 g/mol. The molecule has 6 aromatic rings. The normalized spacial score (nSPS) is 16.2. The molecule has 8 rings (SSSR count). The van der Waals surface area contributed by atoms with Gasteiger partial charge in [0.25, 0.3) is 0 Å². The van der Waals surface area contributed by atoms with Crippen LogP contribution in [-0.2, 0) is 24.7 Å². The average molecular weight is 600 g/mol. The Labute approximate surface area is 275 Å². The number of benzene rings is 5. The first-order valence-electron chi connectivity index (χ1n) is 18.0. The van der Waals surface area contributed by atoms with E-state index in [0.717, 1.165) is 19.3 Å². The second-order valence-corrected chi connectivity index (χ2v) is 14.1. The van der Waals surface area contributed by atoms with Gasteiger partial charge in [-0.2, -0.15) is 0 Å². The minimum atomic E-state index is -0.169. The maximum atomic E-state index is 2.83. The number of rotatable bonds is 10. The van der Waals surface area contributed by atoms with Crippen molar-refractivity contribution in [2.24, 2.45) is 0 Å². The highest BCUT2D eigenvalue weighted by atomic mass is 14.9. The van der Waals surface area contributed by atoms with E-state index in [-0.39, 0.29) is 12.3 Å². The van der Waals surface area contributed by atoms with E-state index >= 15 is 0 Å². The van der Waals surface area contributed by atoms with Gasteiger partial charge in [0.15, 0.2) is 0 Å². The predicted octanol–water partition coefficient (Wildman–Crippen LogP) is 10.1. The van der Waals surface area contributed by atoms with Crippen LogP contribution in [0.5, 0.6) is 0 Å². The van der Waals surface area contributed by atoms with Crippen molar-refractivity contribution in [1.82, 2.24) is 4.48 Å².